The summed E-state index contributed by atoms with van der Waals surface area (Å²) in [6, 6.07) is 13.3. The van der Waals surface area contributed by atoms with Crippen molar-refractivity contribution < 1.29 is 14.4 Å². The highest BCUT2D eigenvalue weighted by Crippen LogP contribution is 2.32. The Morgan fingerprint density at radius 3 is 2.18 bits per heavy atom. The molecule has 0 bridgehead atoms. The maximum atomic E-state index is 13.4. The van der Waals surface area contributed by atoms with Crippen molar-refractivity contribution >= 4 is 29.1 Å². The Bertz CT molecular complexity index is 1050. The third kappa shape index (κ3) is 5.24. The SMILES string of the molecule is CCN(CC)C(=O)c1cc(NC(=O)C2CC2)ccc1N1CCN(C(=O)c2ccc(C)cc2)CC1. The Morgan fingerprint density at radius 1 is 0.941 bits per heavy atom. The monoisotopic (exact) mass is 462 g/mol. The van der Waals surface area contributed by atoms with Crippen molar-refractivity contribution in [2.75, 3.05) is 49.5 Å². The Kier molecular flexibility index (Phi) is 7.20. The minimum atomic E-state index is -0.0410. The standard InChI is InChI=1S/C27H34N4O3/c1-4-29(5-2)27(34)23-18-22(28-25(32)20-10-11-20)12-13-24(23)30-14-16-31(17-15-30)26(33)21-8-6-19(3)7-9-21/h6-9,12-13,18,20H,4-5,10-11,14-17H2,1-3H3,(H,28,32). The minimum absolute atomic E-state index is 0.0252. The van der Waals surface area contributed by atoms with Gasteiger partial charge in [0.2, 0.25) is 5.91 Å². The summed E-state index contributed by atoms with van der Waals surface area (Å²) in [6.45, 7) is 9.64. The largest absolute Gasteiger partial charge is 0.367 e. The number of rotatable bonds is 7. The van der Waals surface area contributed by atoms with Crippen LogP contribution in [0.5, 0.6) is 0 Å². The third-order valence-electron chi connectivity index (χ3n) is 6.70. The predicted molar refractivity (Wildman–Crippen MR) is 134 cm³/mol. The van der Waals surface area contributed by atoms with E-state index in [1.807, 2.05) is 62.1 Å². The molecule has 1 saturated heterocycles. The molecule has 2 aromatic rings. The van der Waals surface area contributed by atoms with Crippen LogP contribution in [0, 0.1) is 12.8 Å². The Morgan fingerprint density at radius 2 is 1.59 bits per heavy atom. The third-order valence-corrected chi connectivity index (χ3v) is 6.70. The fourth-order valence-corrected chi connectivity index (χ4v) is 4.36. The Hall–Kier alpha value is -3.35. The molecule has 7 heteroatoms. The molecule has 1 aliphatic heterocycles. The summed E-state index contributed by atoms with van der Waals surface area (Å²) in [6.07, 6.45) is 1.86. The summed E-state index contributed by atoms with van der Waals surface area (Å²) in [4.78, 5) is 44.4. The van der Waals surface area contributed by atoms with Crippen LogP contribution in [-0.2, 0) is 4.79 Å². The van der Waals surface area contributed by atoms with Crippen LogP contribution in [0.3, 0.4) is 0 Å². The molecule has 2 aromatic carbocycles. The van der Waals surface area contributed by atoms with Gasteiger partial charge in [-0.25, -0.2) is 0 Å². The highest BCUT2D eigenvalue weighted by atomic mass is 16.2. The number of amides is 3. The van der Waals surface area contributed by atoms with Gasteiger partial charge in [0.05, 0.1) is 5.56 Å². The first kappa shape index (κ1) is 23.8. The second kappa shape index (κ2) is 10.3. The summed E-state index contributed by atoms with van der Waals surface area (Å²) in [7, 11) is 0. The van der Waals surface area contributed by atoms with Gasteiger partial charge in [-0.1, -0.05) is 17.7 Å². The van der Waals surface area contributed by atoms with Crippen LogP contribution in [0.2, 0.25) is 0 Å². The first-order valence-corrected chi connectivity index (χ1v) is 12.3. The van der Waals surface area contributed by atoms with E-state index in [0.717, 1.165) is 24.1 Å². The van der Waals surface area contributed by atoms with Crippen LogP contribution >= 0.6 is 0 Å². The van der Waals surface area contributed by atoms with Crippen LogP contribution < -0.4 is 10.2 Å². The number of nitrogens with one attached hydrogen (secondary N) is 1. The lowest BCUT2D eigenvalue weighted by Crippen LogP contribution is -2.49. The number of hydrogen-bond acceptors (Lipinski definition) is 4. The van der Waals surface area contributed by atoms with Crippen molar-refractivity contribution in [1.82, 2.24) is 9.80 Å². The van der Waals surface area contributed by atoms with E-state index in [9.17, 15) is 14.4 Å². The molecule has 0 radical (unpaired) electrons. The van der Waals surface area contributed by atoms with E-state index in [1.165, 1.54) is 0 Å². The van der Waals surface area contributed by atoms with E-state index in [-0.39, 0.29) is 23.6 Å². The molecule has 1 aliphatic carbocycles. The molecule has 0 unspecified atom stereocenters. The molecule has 7 nitrogen and oxygen atoms in total. The number of anilines is 2. The van der Waals surface area contributed by atoms with Crippen LogP contribution in [0.4, 0.5) is 11.4 Å². The lowest BCUT2D eigenvalue weighted by Gasteiger charge is -2.37. The van der Waals surface area contributed by atoms with Gasteiger partial charge in [0.25, 0.3) is 11.8 Å². The number of carbonyl (C=O) groups is 3. The minimum Gasteiger partial charge on any atom is -0.367 e. The highest BCUT2D eigenvalue weighted by Gasteiger charge is 2.30. The number of hydrogen-bond donors (Lipinski definition) is 1. The van der Waals surface area contributed by atoms with E-state index in [2.05, 4.69) is 10.2 Å². The van der Waals surface area contributed by atoms with E-state index >= 15 is 0 Å². The highest BCUT2D eigenvalue weighted by molar-refractivity contribution is 6.02. The maximum Gasteiger partial charge on any atom is 0.256 e. The van der Waals surface area contributed by atoms with Crippen molar-refractivity contribution in [3.8, 4) is 0 Å². The number of piperazine rings is 1. The Labute approximate surface area is 201 Å². The first-order chi connectivity index (χ1) is 16.4. The lowest BCUT2D eigenvalue weighted by atomic mass is 10.1. The molecule has 34 heavy (non-hydrogen) atoms. The van der Waals surface area contributed by atoms with Gasteiger partial charge in [-0.05, 0) is 63.9 Å². The average molecular weight is 463 g/mol. The molecule has 180 valence electrons. The van der Waals surface area contributed by atoms with Crippen LogP contribution in [0.15, 0.2) is 42.5 Å². The van der Waals surface area contributed by atoms with Crippen LogP contribution in [0.1, 0.15) is 53.0 Å². The van der Waals surface area contributed by atoms with Crippen LogP contribution in [-0.4, -0.2) is 66.8 Å². The average Bonchev–Trinajstić information content (AvgIpc) is 3.71. The van der Waals surface area contributed by atoms with Gasteiger partial charge in [0.1, 0.15) is 0 Å². The van der Waals surface area contributed by atoms with Gasteiger partial charge in [-0.15, -0.1) is 0 Å². The molecule has 0 spiro atoms. The van der Waals surface area contributed by atoms with Crippen molar-refractivity contribution in [1.29, 1.82) is 0 Å². The molecular formula is C27H34N4O3. The second-order valence-electron chi connectivity index (χ2n) is 9.12. The maximum absolute atomic E-state index is 13.4. The summed E-state index contributed by atoms with van der Waals surface area (Å²) in [5, 5.41) is 2.97. The van der Waals surface area contributed by atoms with E-state index < -0.39 is 0 Å². The van der Waals surface area contributed by atoms with E-state index in [4.69, 9.17) is 0 Å². The predicted octanol–water partition coefficient (Wildman–Crippen LogP) is 3.79. The molecular weight excluding hydrogens is 428 g/mol. The van der Waals surface area contributed by atoms with Crippen molar-refractivity contribution in [3.05, 3.63) is 59.2 Å². The molecule has 1 N–H and O–H groups in total. The van der Waals surface area contributed by atoms with E-state index in [1.54, 1.807) is 11.0 Å². The summed E-state index contributed by atoms with van der Waals surface area (Å²) in [5.41, 5.74) is 3.93. The van der Waals surface area contributed by atoms with E-state index in [0.29, 0.717) is 56.1 Å². The zero-order valence-electron chi connectivity index (χ0n) is 20.3. The van der Waals surface area contributed by atoms with Crippen LogP contribution in [0.25, 0.3) is 0 Å². The fraction of sp³-hybridized carbons (Fsp3) is 0.444. The second-order valence-corrected chi connectivity index (χ2v) is 9.12. The van der Waals surface area contributed by atoms with Gasteiger partial charge in [-0.2, -0.15) is 0 Å². The number of nitrogens with zero attached hydrogens (tertiary/aromatic N) is 3. The topological polar surface area (TPSA) is 73.0 Å². The molecule has 3 amide bonds. The number of benzene rings is 2. The molecule has 4 rings (SSSR count). The molecule has 2 aliphatic rings. The molecule has 1 heterocycles. The molecule has 2 fully saturated rings. The van der Waals surface area contributed by atoms with Gasteiger partial charge in [0, 0.05) is 62.1 Å². The normalized spacial score (nSPS) is 15.7. The van der Waals surface area contributed by atoms with Gasteiger partial charge >= 0.3 is 0 Å². The Balaban J connectivity index is 1.51. The quantitative estimate of drug-likeness (QED) is 0.680. The summed E-state index contributed by atoms with van der Waals surface area (Å²) in [5.74, 6) is 0.121. The smallest absolute Gasteiger partial charge is 0.256 e. The fourth-order valence-electron chi connectivity index (χ4n) is 4.36. The number of aryl methyl sites for hydroxylation is 1. The van der Waals surface area contributed by atoms with Crippen molar-refractivity contribution in [2.24, 2.45) is 5.92 Å². The number of carbonyl (C=O) groups excluding carboxylic acids is 3. The van der Waals surface area contributed by atoms with Gasteiger partial charge in [-0.3, -0.25) is 14.4 Å². The molecule has 0 atom stereocenters. The lowest BCUT2D eigenvalue weighted by molar-refractivity contribution is -0.117. The molecule has 1 saturated carbocycles. The van der Waals surface area contributed by atoms with Gasteiger partial charge in [0.15, 0.2) is 0 Å². The summed E-state index contributed by atoms with van der Waals surface area (Å²) >= 11 is 0. The zero-order chi connectivity index (χ0) is 24.2. The van der Waals surface area contributed by atoms with Gasteiger partial charge < -0.3 is 20.0 Å². The first-order valence-electron chi connectivity index (χ1n) is 12.3. The zero-order valence-corrected chi connectivity index (χ0v) is 20.3. The van der Waals surface area contributed by atoms with Crippen molar-refractivity contribution in [3.63, 3.8) is 0 Å². The summed E-state index contributed by atoms with van der Waals surface area (Å²) < 4.78 is 0. The van der Waals surface area contributed by atoms with Crippen molar-refractivity contribution in [2.45, 2.75) is 33.6 Å². The molecule has 0 aromatic heterocycles.